The predicted molar refractivity (Wildman–Crippen MR) is 63.6 cm³/mol. The largest absolute Gasteiger partial charge is 0.354 e. The Hall–Kier alpha value is -0.550. The zero-order chi connectivity index (χ0) is 10.8. The molecule has 15 heavy (non-hydrogen) atoms. The molecule has 6 heteroatoms. The first kappa shape index (κ1) is 11.0. The van der Waals surface area contributed by atoms with Gasteiger partial charge in [-0.15, -0.1) is 11.6 Å². The third-order valence-electron chi connectivity index (χ3n) is 2.44. The lowest BCUT2D eigenvalue weighted by atomic mass is 10.1. The fraction of sp³-hybridized carbons (Fsp3) is 0.556. The second-order valence-corrected chi connectivity index (χ2v) is 4.96. The molecule has 0 amide bonds. The molecule has 82 valence electrons. The Bertz CT molecular complexity index is 409. The second kappa shape index (κ2) is 4.53. The lowest BCUT2D eigenvalue weighted by Crippen LogP contribution is -2.37. The molecule has 1 aliphatic heterocycles. The lowest BCUT2D eigenvalue weighted by Gasteiger charge is -2.30. The van der Waals surface area contributed by atoms with Crippen LogP contribution in [0.15, 0.2) is 15.6 Å². The smallest absolute Gasteiger partial charge is 0.267 e. The molecule has 0 spiro atoms. The number of nitrogens with zero attached hydrogens (tertiary/aromatic N) is 2. The minimum absolute atomic E-state index is 0.145. The van der Waals surface area contributed by atoms with Gasteiger partial charge in [0.1, 0.15) is 10.3 Å². The number of hydrogen-bond acceptors (Lipinski definition) is 3. The Balaban J connectivity index is 2.28. The van der Waals surface area contributed by atoms with Gasteiger partial charge in [-0.25, -0.2) is 4.98 Å². The molecule has 0 radical (unpaired) electrons. The number of alkyl halides is 1. The van der Waals surface area contributed by atoms with Gasteiger partial charge in [-0.1, -0.05) is 0 Å². The third-order valence-corrected chi connectivity index (χ3v) is 3.51. The SMILES string of the molecule is O=c1[nH]cnc(N2CCCC(Cl)C2)c1Br. The standard InChI is InChI=1S/C9H11BrClN3O/c10-7-8(12-5-13-9(7)15)14-3-1-2-6(11)4-14/h5-6H,1-4H2,(H,12,13,15). The van der Waals surface area contributed by atoms with Crippen LogP contribution in [0, 0.1) is 0 Å². The molecule has 2 rings (SSSR count). The molecule has 1 saturated heterocycles. The van der Waals surface area contributed by atoms with Crippen molar-refractivity contribution in [1.29, 1.82) is 0 Å². The topological polar surface area (TPSA) is 49.0 Å². The summed E-state index contributed by atoms with van der Waals surface area (Å²) in [5.74, 6) is 0.684. The molecule has 1 atom stereocenters. The van der Waals surface area contributed by atoms with E-state index in [4.69, 9.17) is 11.6 Å². The van der Waals surface area contributed by atoms with Crippen LogP contribution in [0.5, 0.6) is 0 Å². The van der Waals surface area contributed by atoms with Gasteiger partial charge in [-0.05, 0) is 28.8 Å². The molecule has 1 aliphatic rings. The van der Waals surface area contributed by atoms with Gasteiger partial charge < -0.3 is 9.88 Å². The maximum Gasteiger partial charge on any atom is 0.267 e. The van der Waals surface area contributed by atoms with E-state index in [1.165, 1.54) is 6.33 Å². The maximum atomic E-state index is 11.4. The minimum atomic E-state index is -0.156. The van der Waals surface area contributed by atoms with Crippen LogP contribution in [-0.4, -0.2) is 28.4 Å². The van der Waals surface area contributed by atoms with Crippen LogP contribution in [0.1, 0.15) is 12.8 Å². The maximum absolute atomic E-state index is 11.4. The van der Waals surface area contributed by atoms with E-state index in [2.05, 4.69) is 25.9 Å². The number of rotatable bonds is 1. The fourth-order valence-electron chi connectivity index (χ4n) is 1.71. The van der Waals surface area contributed by atoms with Crippen molar-refractivity contribution in [3.05, 3.63) is 21.2 Å². The van der Waals surface area contributed by atoms with Crippen molar-refractivity contribution in [1.82, 2.24) is 9.97 Å². The zero-order valence-corrected chi connectivity index (χ0v) is 10.4. The number of piperidine rings is 1. The van der Waals surface area contributed by atoms with Crippen LogP contribution in [0.25, 0.3) is 0 Å². The monoisotopic (exact) mass is 291 g/mol. The van der Waals surface area contributed by atoms with Gasteiger partial charge in [-0.3, -0.25) is 4.79 Å². The molecule has 1 N–H and O–H groups in total. The average Bonchev–Trinajstić information content (AvgIpc) is 2.22. The van der Waals surface area contributed by atoms with Gasteiger partial charge in [0.15, 0.2) is 0 Å². The van der Waals surface area contributed by atoms with Crippen LogP contribution in [0.2, 0.25) is 0 Å². The van der Waals surface area contributed by atoms with Crippen molar-refractivity contribution >= 4 is 33.3 Å². The molecule has 0 aliphatic carbocycles. The summed E-state index contributed by atoms with van der Waals surface area (Å²) >= 11 is 9.33. The van der Waals surface area contributed by atoms with E-state index in [0.717, 1.165) is 25.9 Å². The number of halogens is 2. The van der Waals surface area contributed by atoms with Crippen LogP contribution >= 0.6 is 27.5 Å². The van der Waals surface area contributed by atoms with Crippen molar-refractivity contribution in [3.8, 4) is 0 Å². The average molecular weight is 293 g/mol. The number of nitrogens with one attached hydrogen (secondary N) is 1. The first-order valence-electron chi connectivity index (χ1n) is 4.80. The molecule has 1 unspecified atom stereocenters. The molecule has 4 nitrogen and oxygen atoms in total. The van der Waals surface area contributed by atoms with Crippen LogP contribution in [0.4, 0.5) is 5.82 Å². The van der Waals surface area contributed by atoms with Gasteiger partial charge in [0.2, 0.25) is 0 Å². The Kier molecular flexibility index (Phi) is 3.31. The Morgan fingerprint density at radius 2 is 2.47 bits per heavy atom. The molecule has 0 bridgehead atoms. The van der Waals surface area contributed by atoms with Crippen molar-refractivity contribution in [2.45, 2.75) is 18.2 Å². The fourth-order valence-corrected chi connectivity index (χ4v) is 2.50. The zero-order valence-electron chi connectivity index (χ0n) is 8.04. The highest BCUT2D eigenvalue weighted by molar-refractivity contribution is 9.10. The first-order valence-corrected chi connectivity index (χ1v) is 6.03. The van der Waals surface area contributed by atoms with Crippen molar-refractivity contribution in [2.24, 2.45) is 0 Å². The Morgan fingerprint density at radius 3 is 3.20 bits per heavy atom. The van der Waals surface area contributed by atoms with E-state index >= 15 is 0 Å². The van der Waals surface area contributed by atoms with Crippen molar-refractivity contribution in [3.63, 3.8) is 0 Å². The van der Waals surface area contributed by atoms with Crippen LogP contribution in [0.3, 0.4) is 0 Å². The first-order chi connectivity index (χ1) is 7.18. The number of aromatic nitrogens is 2. The minimum Gasteiger partial charge on any atom is -0.354 e. The summed E-state index contributed by atoms with van der Waals surface area (Å²) in [6.45, 7) is 1.65. The predicted octanol–water partition coefficient (Wildman–Crippen LogP) is 1.74. The van der Waals surface area contributed by atoms with Gasteiger partial charge in [0, 0.05) is 13.1 Å². The second-order valence-electron chi connectivity index (χ2n) is 3.55. The summed E-state index contributed by atoms with van der Waals surface area (Å²) in [5.41, 5.74) is -0.156. The number of aromatic amines is 1. The highest BCUT2D eigenvalue weighted by Crippen LogP contribution is 2.24. The van der Waals surface area contributed by atoms with E-state index in [9.17, 15) is 4.79 Å². The summed E-state index contributed by atoms with van der Waals surface area (Å²) in [7, 11) is 0. The Morgan fingerprint density at radius 1 is 1.67 bits per heavy atom. The highest BCUT2D eigenvalue weighted by Gasteiger charge is 2.21. The summed E-state index contributed by atoms with van der Waals surface area (Å²) < 4.78 is 0.482. The van der Waals surface area contributed by atoms with Crippen molar-refractivity contribution < 1.29 is 0 Å². The summed E-state index contributed by atoms with van der Waals surface area (Å²) in [6.07, 6.45) is 3.48. The molecular weight excluding hydrogens is 281 g/mol. The number of H-pyrrole nitrogens is 1. The highest BCUT2D eigenvalue weighted by atomic mass is 79.9. The molecule has 2 heterocycles. The summed E-state index contributed by atoms with van der Waals surface area (Å²) in [5, 5.41) is 0.145. The summed E-state index contributed by atoms with van der Waals surface area (Å²) in [6, 6.07) is 0. The summed E-state index contributed by atoms with van der Waals surface area (Å²) in [4.78, 5) is 20.1. The Labute approximate surface area is 101 Å². The van der Waals surface area contributed by atoms with Crippen molar-refractivity contribution in [2.75, 3.05) is 18.0 Å². The van der Waals surface area contributed by atoms with E-state index < -0.39 is 0 Å². The third kappa shape index (κ3) is 2.34. The molecule has 0 saturated carbocycles. The number of anilines is 1. The molecule has 1 aromatic rings. The molecule has 0 aromatic carbocycles. The lowest BCUT2D eigenvalue weighted by molar-refractivity contribution is 0.578. The van der Waals surface area contributed by atoms with E-state index in [1.807, 2.05) is 4.90 Å². The van der Waals surface area contributed by atoms with Crippen LogP contribution < -0.4 is 10.5 Å². The molecule has 1 aromatic heterocycles. The van der Waals surface area contributed by atoms with Crippen LogP contribution in [-0.2, 0) is 0 Å². The molecular formula is C9H11BrClN3O. The van der Waals surface area contributed by atoms with Gasteiger partial charge in [0.25, 0.3) is 5.56 Å². The van der Waals surface area contributed by atoms with Gasteiger partial charge in [0.05, 0.1) is 11.7 Å². The van der Waals surface area contributed by atoms with E-state index in [0.29, 0.717) is 10.3 Å². The number of hydrogen-bond donors (Lipinski definition) is 1. The van der Waals surface area contributed by atoms with Gasteiger partial charge in [-0.2, -0.15) is 0 Å². The van der Waals surface area contributed by atoms with Gasteiger partial charge >= 0.3 is 0 Å². The molecule has 1 fully saturated rings. The quantitative estimate of drug-likeness (QED) is 0.802. The van der Waals surface area contributed by atoms with E-state index in [1.54, 1.807) is 0 Å². The normalized spacial score (nSPS) is 21.7. The van der Waals surface area contributed by atoms with E-state index in [-0.39, 0.29) is 10.9 Å².